The summed E-state index contributed by atoms with van der Waals surface area (Å²) < 4.78 is 5.81. The molecule has 1 unspecified atom stereocenters. The molecule has 0 bridgehead atoms. The van der Waals surface area contributed by atoms with Crippen molar-refractivity contribution in [1.82, 2.24) is 0 Å². The van der Waals surface area contributed by atoms with Crippen LogP contribution in [0.1, 0.15) is 19.3 Å². The highest BCUT2D eigenvalue weighted by Gasteiger charge is 2.39. The summed E-state index contributed by atoms with van der Waals surface area (Å²) in [6.07, 6.45) is 7.83. The maximum atomic E-state index is 5.81. The lowest BCUT2D eigenvalue weighted by molar-refractivity contribution is 0.0699. The summed E-state index contributed by atoms with van der Waals surface area (Å²) in [5.41, 5.74) is 1.30. The van der Waals surface area contributed by atoms with Crippen molar-refractivity contribution in [1.29, 1.82) is 0 Å². The molecule has 2 heteroatoms. The van der Waals surface area contributed by atoms with Crippen LogP contribution in [0.25, 0.3) is 0 Å². The third-order valence-electron chi connectivity index (χ3n) is 2.49. The second kappa shape index (κ2) is 3.27. The second-order valence-corrected chi connectivity index (χ2v) is 4.56. The van der Waals surface area contributed by atoms with Gasteiger partial charge in [0.1, 0.15) is 4.93 Å². The van der Waals surface area contributed by atoms with Crippen LogP contribution in [-0.4, -0.2) is 17.3 Å². The number of hydrogen-bond acceptors (Lipinski definition) is 2. The smallest absolute Gasteiger partial charge is 0.139 e. The molecule has 2 rings (SSSR count). The molecule has 0 N–H and O–H groups in total. The molecule has 1 heterocycles. The lowest BCUT2D eigenvalue weighted by atomic mass is 9.96. The van der Waals surface area contributed by atoms with Crippen molar-refractivity contribution in [2.45, 2.75) is 24.2 Å². The fourth-order valence-corrected chi connectivity index (χ4v) is 3.18. The minimum Gasteiger partial charge on any atom is -0.359 e. The van der Waals surface area contributed by atoms with Gasteiger partial charge in [0.2, 0.25) is 0 Å². The number of thioether (sulfide) groups is 1. The Bertz CT molecular complexity index is 214. The zero-order valence-electron chi connectivity index (χ0n) is 7.21. The van der Waals surface area contributed by atoms with Crippen LogP contribution in [0.4, 0.5) is 0 Å². The van der Waals surface area contributed by atoms with E-state index >= 15 is 0 Å². The van der Waals surface area contributed by atoms with Crippen molar-refractivity contribution < 1.29 is 4.74 Å². The van der Waals surface area contributed by atoms with Crippen LogP contribution in [0.2, 0.25) is 0 Å². The van der Waals surface area contributed by atoms with Crippen LogP contribution in [0.5, 0.6) is 0 Å². The molecule has 0 radical (unpaired) electrons. The van der Waals surface area contributed by atoms with E-state index in [0.29, 0.717) is 0 Å². The van der Waals surface area contributed by atoms with Gasteiger partial charge in [-0.15, -0.1) is 11.8 Å². The van der Waals surface area contributed by atoms with Gasteiger partial charge in [-0.3, -0.25) is 0 Å². The first-order chi connectivity index (χ1) is 5.87. The molecule has 1 spiro atoms. The van der Waals surface area contributed by atoms with Crippen molar-refractivity contribution in [2.24, 2.45) is 0 Å². The van der Waals surface area contributed by atoms with E-state index in [4.69, 9.17) is 4.74 Å². The van der Waals surface area contributed by atoms with Crippen molar-refractivity contribution >= 4 is 11.8 Å². The Morgan fingerprint density at radius 2 is 2.58 bits per heavy atom. The van der Waals surface area contributed by atoms with Gasteiger partial charge in [0.05, 0.1) is 6.61 Å². The molecule has 1 saturated heterocycles. The highest BCUT2D eigenvalue weighted by Crippen LogP contribution is 2.45. The van der Waals surface area contributed by atoms with Gasteiger partial charge in [0.15, 0.2) is 0 Å². The van der Waals surface area contributed by atoms with Crippen LogP contribution >= 0.6 is 11.8 Å². The third-order valence-corrected chi connectivity index (χ3v) is 3.88. The van der Waals surface area contributed by atoms with Crippen molar-refractivity contribution in [3.8, 4) is 0 Å². The monoisotopic (exact) mass is 182 g/mol. The van der Waals surface area contributed by atoms with Gasteiger partial charge in [0, 0.05) is 5.75 Å². The van der Waals surface area contributed by atoms with E-state index in [1.165, 1.54) is 18.4 Å². The standard InChI is InChI=1S/C10H14OS/c1-2-9-5-3-4-6-10(9)11-7-8-12-10/h2,5H,1,3-4,6-8H2. The maximum Gasteiger partial charge on any atom is 0.139 e. The third kappa shape index (κ3) is 1.23. The molecule has 0 aromatic rings. The molecule has 2 aliphatic rings. The summed E-state index contributed by atoms with van der Waals surface area (Å²) >= 11 is 1.94. The molecule has 1 atom stereocenters. The minimum absolute atomic E-state index is 0.000000000000000222. The van der Waals surface area contributed by atoms with Crippen LogP contribution in [-0.2, 0) is 4.74 Å². The Morgan fingerprint density at radius 1 is 1.67 bits per heavy atom. The molecule has 0 amide bonds. The number of hydrogen-bond donors (Lipinski definition) is 0. The van der Waals surface area contributed by atoms with E-state index in [1.807, 2.05) is 17.8 Å². The normalized spacial score (nSPS) is 35.2. The predicted molar refractivity (Wildman–Crippen MR) is 53.3 cm³/mol. The van der Waals surface area contributed by atoms with Gasteiger partial charge < -0.3 is 4.74 Å². The fourth-order valence-electron chi connectivity index (χ4n) is 1.90. The van der Waals surface area contributed by atoms with Gasteiger partial charge in [-0.2, -0.15) is 0 Å². The summed E-state index contributed by atoms with van der Waals surface area (Å²) in [6.45, 7) is 4.74. The zero-order chi connectivity index (χ0) is 8.44. The van der Waals surface area contributed by atoms with E-state index in [0.717, 1.165) is 18.8 Å². The topological polar surface area (TPSA) is 9.23 Å². The number of allylic oxidation sites excluding steroid dienone is 1. The van der Waals surface area contributed by atoms with Gasteiger partial charge in [0.25, 0.3) is 0 Å². The molecule has 1 aliphatic heterocycles. The Labute approximate surface area is 77.9 Å². The molecule has 66 valence electrons. The van der Waals surface area contributed by atoms with Gasteiger partial charge >= 0.3 is 0 Å². The lowest BCUT2D eigenvalue weighted by Crippen LogP contribution is -2.28. The fraction of sp³-hybridized carbons (Fsp3) is 0.600. The summed E-state index contributed by atoms with van der Waals surface area (Å²) in [5, 5.41) is 0. The molecule has 1 fully saturated rings. The Balaban J connectivity index is 2.26. The Kier molecular flexibility index (Phi) is 2.28. The van der Waals surface area contributed by atoms with E-state index in [-0.39, 0.29) is 4.93 Å². The van der Waals surface area contributed by atoms with Crippen molar-refractivity contribution in [3.63, 3.8) is 0 Å². The van der Waals surface area contributed by atoms with E-state index in [2.05, 4.69) is 12.7 Å². The Morgan fingerprint density at radius 3 is 3.25 bits per heavy atom. The van der Waals surface area contributed by atoms with E-state index in [9.17, 15) is 0 Å². The summed E-state index contributed by atoms with van der Waals surface area (Å²) in [4.78, 5) is 0.000000000000000222. The molecular weight excluding hydrogens is 168 g/mol. The first-order valence-corrected chi connectivity index (χ1v) is 5.47. The summed E-state index contributed by atoms with van der Waals surface area (Å²) in [5.74, 6) is 1.13. The SMILES string of the molecule is C=CC1=CCCCC12OCCS2. The molecular formula is C10H14OS. The molecule has 1 aliphatic carbocycles. The van der Waals surface area contributed by atoms with Crippen LogP contribution < -0.4 is 0 Å². The van der Waals surface area contributed by atoms with Crippen LogP contribution in [0, 0.1) is 0 Å². The highest BCUT2D eigenvalue weighted by molar-refractivity contribution is 8.00. The summed E-state index contributed by atoms with van der Waals surface area (Å²) in [7, 11) is 0. The Hall–Kier alpha value is -0.210. The zero-order valence-corrected chi connectivity index (χ0v) is 8.03. The van der Waals surface area contributed by atoms with Gasteiger partial charge in [-0.05, 0) is 24.8 Å². The van der Waals surface area contributed by atoms with Crippen molar-refractivity contribution in [3.05, 3.63) is 24.3 Å². The van der Waals surface area contributed by atoms with Crippen LogP contribution in [0.3, 0.4) is 0 Å². The molecule has 12 heavy (non-hydrogen) atoms. The maximum absolute atomic E-state index is 5.81. The quantitative estimate of drug-likeness (QED) is 0.616. The average molecular weight is 182 g/mol. The predicted octanol–water partition coefficient (Wildman–Crippen LogP) is 2.74. The lowest BCUT2D eigenvalue weighted by Gasteiger charge is -2.31. The molecule has 0 aromatic carbocycles. The van der Waals surface area contributed by atoms with Crippen molar-refractivity contribution in [2.75, 3.05) is 12.4 Å². The highest BCUT2D eigenvalue weighted by atomic mass is 32.2. The minimum atomic E-state index is 0.000000000000000222. The van der Waals surface area contributed by atoms with Gasteiger partial charge in [-0.25, -0.2) is 0 Å². The second-order valence-electron chi connectivity index (χ2n) is 3.21. The molecule has 0 saturated carbocycles. The summed E-state index contributed by atoms with van der Waals surface area (Å²) in [6, 6.07) is 0. The number of rotatable bonds is 1. The first-order valence-electron chi connectivity index (χ1n) is 4.48. The van der Waals surface area contributed by atoms with Gasteiger partial charge in [-0.1, -0.05) is 18.7 Å². The van der Waals surface area contributed by atoms with E-state index in [1.54, 1.807) is 0 Å². The average Bonchev–Trinajstić information content (AvgIpc) is 2.55. The van der Waals surface area contributed by atoms with E-state index < -0.39 is 0 Å². The number of ether oxygens (including phenoxy) is 1. The molecule has 1 nitrogen and oxygen atoms in total. The first kappa shape index (κ1) is 8.39. The molecule has 0 aromatic heterocycles. The largest absolute Gasteiger partial charge is 0.359 e. The van der Waals surface area contributed by atoms with Crippen LogP contribution in [0.15, 0.2) is 24.3 Å².